The number of allylic oxidation sites excluding steroid dienone is 9. The first kappa shape index (κ1) is 18.2. The maximum atomic E-state index is 10.5. The molecule has 0 aromatic carbocycles. The second-order valence-corrected chi connectivity index (χ2v) is 6.76. The largest absolute Gasteiger partial charge is 0.478 e. The van der Waals surface area contributed by atoms with Gasteiger partial charge in [-0.25, -0.2) is 4.79 Å². The molecular weight excluding hydrogens is 271 g/mol. The van der Waals surface area contributed by atoms with Crippen molar-refractivity contribution in [3.63, 3.8) is 0 Å². The van der Waals surface area contributed by atoms with E-state index in [1.54, 1.807) is 13.0 Å². The van der Waals surface area contributed by atoms with Crippen molar-refractivity contribution in [1.82, 2.24) is 0 Å². The molecule has 1 rings (SSSR count). The number of carbonyl (C=O) groups is 1. The Bertz CT molecular complexity index is 567. The van der Waals surface area contributed by atoms with Crippen molar-refractivity contribution in [2.24, 2.45) is 5.41 Å². The van der Waals surface area contributed by atoms with Crippen LogP contribution in [0, 0.1) is 5.41 Å². The predicted octanol–water partition coefficient (Wildman–Crippen LogP) is 5.60. The van der Waals surface area contributed by atoms with E-state index >= 15 is 0 Å². The molecule has 22 heavy (non-hydrogen) atoms. The van der Waals surface area contributed by atoms with Gasteiger partial charge in [0.25, 0.3) is 0 Å². The molecule has 0 heterocycles. The Hall–Kier alpha value is -1.83. The SMILES string of the molecule is CC(/C=C/C1=C([11CH3])CCCC1(C)C)=C\C=C\C(C)=C\C(=O)O. The van der Waals surface area contributed by atoms with E-state index < -0.39 is 5.97 Å². The van der Waals surface area contributed by atoms with Gasteiger partial charge in [-0.2, -0.15) is 0 Å². The lowest BCUT2D eigenvalue weighted by Crippen LogP contribution is -2.19. The molecule has 0 atom stereocenters. The summed E-state index contributed by atoms with van der Waals surface area (Å²) in [7, 11) is 0. The fourth-order valence-electron chi connectivity index (χ4n) is 2.88. The van der Waals surface area contributed by atoms with Crippen LogP contribution in [0.15, 0.2) is 58.7 Å². The Morgan fingerprint density at radius 3 is 2.45 bits per heavy atom. The zero-order valence-electron chi connectivity index (χ0n) is 14.4. The van der Waals surface area contributed by atoms with Crippen LogP contribution in [0.3, 0.4) is 0 Å². The summed E-state index contributed by atoms with van der Waals surface area (Å²) in [5.74, 6) is -0.912. The number of hydrogen-bond acceptors (Lipinski definition) is 1. The van der Waals surface area contributed by atoms with E-state index in [4.69, 9.17) is 5.11 Å². The van der Waals surface area contributed by atoms with E-state index in [0.717, 1.165) is 11.1 Å². The van der Waals surface area contributed by atoms with Crippen LogP contribution in [0.1, 0.15) is 53.9 Å². The molecule has 0 amide bonds. The van der Waals surface area contributed by atoms with Crippen molar-refractivity contribution in [1.29, 1.82) is 0 Å². The first-order valence-corrected chi connectivity index (χ1v) is 7.87. The summed E-state index contributed by atoms with van der Waals surface area (Å²) in [6.45, 7) is 10.7. The molecule has 1 aliphatic carbocycles. The van der Waals surface area contributed by atoms with Gasteiger partial charge in [0.15, 0.2) is 0 Å². The van der Waals surface area contributed by atoms with Gasteiger partial charge in [0, 0.05) is 6.08 Å². The van der Waals surface area contributed by atoms with Crippen LogP contribution in [0.4, 0.5) is 0 Å². The summed E-state index contributed by atoms with van der Waals surface area (Å²) in [6, 6.07) is 0. The molecule has 0 bridgehead atoms. The second-order valence-electron chi connectivity index (χ2n) is 6.76. The van der Waals surface area contributed by atoms with Crippen LogP contribution >= 0.6 is 0 Å². The molecule has 1 N–H and O–H groups in total. The number of carboxylic acids is 1. The highest BCUT2D eigenvalue weighted by Gasteiger charge is 2.26. The van der Waals surface area contributed by atoms with Crippen LogP contribution in [0.5, 0.6) is 0 Å². The van der Waals surface area contributed by atoms with E-state index in [9.17, 15) is 4.79 Å². The topological polar surface area (TPSA) is 37.3 Å². The molecule has 0 unspecified atom stereocenters. The van der Waals surface area contributed by atoms with Gasteiger partial charge in [0.1, 0.15) is 0 Å². The van der Waals surface area contributed by atoms with Crippen LogP contribution in [-0.2, 0) is 4.79 Å². The van der Waals surface area contributed by atoms with Gasteiger partial charge in [-0.3, -0.25) is 0 Å². The van der Waals surface area contributed by atoms with Gasteiger partial charge >= 0.3 is 5.97 Å². The van der Waals surface area contributed by atoms with E-state index in [2.05, 4.69) is 39.8 Å². The predicted molar refractivity (Wildman–Crippen MR) is 93.8 cm³/mol. The minimum absolute atomic E-state index is 0.260. The number of hydrogen-bond donors (Lipinski definition) is 1. The zero-order chi connectivity index (χ0) is 16.8. The normalized spacial score (nSPS) is 20.2. The van der Waals surface area contributed by atoms with E-state index in [1.807, 2.05) is 12.2 Å². The number of rotatable bonds is 5. The molecule has 1 aliphatic rings. The Balaban J connectivity index is 2.79. The minimum atomic E-state index is -0.912. The third kappa shape index (κ3) is 5.88. The maximum absolute atomic E-state index is 10.5. The standard InChI is InChI=1S/C20H28O2/c1-15(8-6-9-16(2)14-19(21)22)11-12-18-17(3)10-7-13-20(18,4)5/h6,8-9,11-12,14H,7,10,13H2,1-5H3,(H,21,22)/b9-6+,12-11+,15-8+,16-14+/i3-1. The molecule has 0 spiro atoms. The fourth-order valence-corrected chi connectivity index (χ4v) is 2.88. The lowest BCUT2D eigenvalue weighted by Gasteiger charge is -2.32. The first-order valence-electron chi connectivity index (χ1n) is 7.87. The molecule has 0 radical (unpaired) electrons. The third-order valence-electron chi connectivity index (χ3n) is 4.12. The zero-order valence-corrected chi connectivity index (χ0v) is 14.4. The quantitative estimate of drug-likeness (QED) is 0.529. The van der Waals surface area contributed by atoms with Crippen molar-refractivity contribution in [2.75, 3.05) is 0 Å². The summed E-state index contributed by atoms with van der Waals surface area (Å²) in [6.07, 6.45) is 15.0. The molecule has 120 valence electrons. The maximum Gasteiger partial charge on any atom is 0.328 e. The molecule has 0 saturated heterocycles. The van der Waals surface area contributed by atoms with Gasteiger partial charge in [0.05, 0.1) is 0 Å². The molecule has 0 fully saturated rings. The average Bonchev–Trinajstić information content (AvgIpc) is 2.36. The molecule has 0 aliphatic heterocycles. The average molecular weight is 299 g/mol. The van der Waals surface area contributed by atoms with Crippen LogP contribution in [0.2, 0.25) is 0 Å². The molecule has 0 saturated carbocycles. The van der Waals surface area contributed by atoms with E-state index in [1.165, 1.54) is 36.5 Å². The smallest absolute Gasteiger partial charge is 0.328 e. The van der Waals surface area contributed by atoms with Crippen LogP contribution < -0.4 is 0 Å². The Kier molecular flexibility index (Phi) is 6.61. The van der Waals surface area contributed by atoms with Gasteiger partial charge in [-0.15, -0.1) is 0 Å². The summed E-state index contributed by atoms with van der Waals surface area (Å²) in [4.78, 5) is 10.5. The highest BCUT2D eigenvalue weighted by molar-refractivity contribution is 5.81. The summed E-state index contributed by atoms with van der Waals surface area (Å²) in [5, 5.41) is 8.65. The summed E-state index contributed by atoms with van der Waals surface area (Å²) in [5.41, 5.74) is 5.09. The van der Waals surface area contributed by atoms with Crippen molar-refractivity contribution < 1.29 is 9.90 Å². The first-order chi connectivity index (χ1) is 10.2. The lowest BCUT2D eigenvalue weighted by molar-refractivity contribution is -0.131. The third-order valence-corrected chi connectivity index (χ3v) is 4.12. The summed E-state index contributed by atoms with van der Waals surface area (Å²) >= 11 is 0. The highest BCUT2D eigenvalue weighted by Crippen LogP contribution is 2.40. The van der Waals surface area contributed by atoms with Gasteiger partial charge in [-0.05, 0) is 56.6 Å². The van der Waals surface area contributed by atoms with Crippen molar-refractivity contribution in [2.45, 2.75) is 53.9 Å². The lowest BCUT2D eigenvalue weighted by atomic mass is 9.69. The molecule has 2 nitrogen and oxygen atoms in total. The summed E-state index contributed by atoms with van der Waals surface area (Å²) < 4.78 is 0. The van der Waals surface area contributed by atoms with Crippen LogP contribution in [0.25, 0.3) is 0 Å². The monoisotopic (exact) mass is 299 g/mol. The molecular formula is C20H28O2. The Morgan fingerprint density at radius 1 is 1.18 bits per heavy atom. The molecule has 2 heteroatoms. The van der Waals surface area contributed by atoms with E-state index in [-0.39, 0.29) is 5.41 Å². The highest BCUT2D eigenvalue weighted by atomic mass is 16.4. The number of carboxylic acid groups (broad SMARTS) is 1. The molecule has 0 aromatic heterocycles. The Labute approximate surface area is 134 Å². The van der Waals surface area contributed by atoms with Crippen molar-refractivity contribution in [3.8, 4) is 0 Å². The fraction of sp³-hybridized carbons (Fsp3) is 0.450. The van der Waals surface area contributed by atoms with E-state index in [0.29, 0.717) is 0 Å². The second kappa shape index (κ2) is 7.98. The van der Waals surface area contributed by atoms with Crippen LogP contribution in [-0.4, -0.2) is 11.1 Å². The minimum Gasteiger partial charge on any atom is -0.478 e. The van der Waals surface area contributed by atoms with Gasteiger partial charge < -0.3 is 5.11 Å². The van der Waals surface area contributed by atoms with Gasteiger partial charge in [0.2, 0.25) is 0 Å². The van der Waals surface area contributed by atoms with Gasteiger partial charge in [-0.1, -0.05) is 55.4 Å². The Morgan fingerprint density at radius 2 is 1.86 bits per heavy atom. The van der Waals surface area contributed by atoms with Crippen molar-refractivity contribution in [3.05, 3.63) is 58.7 Å². The molecule has 0 aromatic rings. The number of aliphatic carboxylic acids is 1. The van der Waals surface area contributed by atoms with Crippen molar-refractivity contribution >= 4 is 5.97 Å².